The van der Waals surface area contributed by atoms with Crippen molar-refractivity contribution in [3.05, 3.63) is 99.4 Å². The van der Waals surface area contributed by atoms with E-state index in [0.717, 1.165) is 21.5 Å². The third-order valence-corrected chi connectivity index (χ3v) is 6.08. The topological polar surface area (TPSA) is 89.2 Å². The summed E-state index contributed by atoms with van der Waals surface area (Å²) in [7, 11) is 0. The molecule has 8 heteroatoms. The molecule has 0 aliphatic heterocycles. The number of nitro groups is 1. The molecule has 0 aliphatic rings. The lowest BCUT2D eigenvalue weighted by molar-refractivity contribution is -0.384. The molecule has 0 atom stereocenters. The van der Waals surface area contributed by atoms with Gasteiger partial charge in [0.1, 0.15) is 0 Å². The predicted octanol–water partition coefficient (Wildman–Crippen LogP) is 5.46. The Labute approximate surface area is 188 Å². The maximum Gasteiger partial charge on any atom is 0.270 e. The molecule has 32 heavy (non-hydrogen) atoms. The molecular formula is C24H20N4O3S. The Hall–Kier alpha value is -3.91. The van der Waals surface area contributed by atoms with Crippen molar-refractivity contribution in [2.75, 3.05) is 4.90 Å². The summed E-state index contributed by atoms with van der Waals surface area (Å²) in [6.07, 6.45) is 4.66. The minimum absolute atomic E-state index is 0.0261. The number of hydrogen-bond donors (Lipinski definition) is 0. The van der Waals surface area contributed by atoms with Gasteiger partial charge in [-0.25, -0.2) is 4.98 Å². The second-order valence-corrected chi connectivity index (χ2v) is 8.34. The van der Waals surface area contributed by atoms with Gasteiger partial charge in [0, 0.05) is 24.4 Å². The molecule has 0 aliphatic carbocycles. The fourth-order valence-electron chi connectivity index (χ4n) is 3.18. The number of aryl methyl sites for hydroxylation is 2. The Morgan fingerprint density at radius 3 is 2.69 bits per heavy atom. The van der Waals surface area contributed by atoms with Gasteiger partial charge >= 0.3 is 0 Å². The van der Waals surface area contributed by atoms with Gasteiger partial charge in [-0.2, -0.15) is 0 Å². The number of rotatable bonds is 6. The summed E-state index contributed by atoms with van der Waals surface area (Å²) in [5, 5.41) is 11.6. The molecule has 0 N–H and O–H groups in total. The molecule has 160 valence electrons. The van der Waals surface area contributed by atoms with Crippen LogP contribution < -0.4 is 4.90 Å². The molecule has 7 nitrogen and oxygen atoms in total. The van der Waals surface area contributed by atoms with Gasteiger partial charge in [0.2, 0.25) is 0 Å². The average molecular weight is 445 g/mol. The number of carbonyl (C=O) groups excluding carboxylic acids is 1. The number of anilines is 1. The van der Waals surface area contributed by atoms with Crippen LogP contribution in [0.15, 0.2) is 66.9 Å². The Morgan fingerprint density at radius 1 is 1.12 bits per heavy atom. The van der Waals surface area contributed by atoms with Crippen LogP contribution in [0.4, 0.5) is 10.8 Å². The number of benzene rings is 2. The Morgan fingerprint density at radius 2 is 1.94 bits per heavy atom. The number of hydrogen-bond acceptors (Lipinski definition) is 6. The number of amides is 1. The lowest BCUT2D eigenvalue weighted by atomic mass is 10.1. The zero-order valence-electron chi connectivity index (χ0n) is 17.6. The van der Waals surface area contributed by atoms with Crippen molar-refractivity contribution in [2.45, 2.75) is 20.4 Å². The van der Waals surface area contributed by atoms with Crippen molar-refractivity contribution in [3.63, 3.8) is 0 Å². The minimum atomic E-state index is -0.461. The van der Waals surface area contributed by atoms with Gasteiger partial charge < -0.3 is 0 Å². The lowest BCUT2D eigenvalue weighted by Gasteiger charge is -2.17. The molecule has 2 heterocycles. The smallest absolute Gasteiger partial charge is 0.270 e. The van der Waals surface area contributed by atoms with Crippen LogP contribution in [0.5, 0.6) is 0 Å². The number of carbonyl (C=O) groups is 1. The van der Waals surface area contributed by atoms with Gasteiger partial charge in [0.05, 0.1) is 27.4 Å². The zero-order valence-corrected chi connectivity index (χ0v) is 18.4. The highest BCUT2D eigenvalue weighted by molar-refractivity contribution is 7.22. The van der Waals surface area contributed by atoms with Crippen LogP contribution in [0.3, 0.4) is 0 Å². The first-order valence-corrected chi connectivity index (χ1v) is 10.7. The number of nitrogens with zero attached hydrogens (tertiary/aromatic N) is 4. The van der Waals surface area contributed by atoms with Gasteiger partial charge in [-0.05, 0) is 60.9 Å². The van der Waals surface area contributed by atoms with E-state index in [2.05, 4.69) is 11.1 Å². The second-order valence-electron chi connectivity index (χ2n) is 7.33. The second kappa shape index (κ2) is 9.07. The van der Waals surface area contributed by atoms with Gasteiger partial charge in [-0.1, -0.05) is 29.5 Å². The minimum Gasteiger partial charge on any atom is -0.278 e. The molecular weight excluding hydrogens is 424 g/mol. The lowest BCUT2D eigenvalue weighted by Crippen LogP contribution is -2.29. The van der Waals surface area contributed by atoms with E-state index >= 15 is 0 Å². The van der Waals surface area contributed by atoms with Crippen LogP contribution in [0, 0.1) is 24.0 Å². The van der Waals surface area contributed by atoms with Crippen molar-refractivity contribution in [1.82, 2.24) is 9.97 Å². The monoisotopic (exact) mass is 444 g/mol. The molecule has 0 spiro atoms. The molecule has 2 aromatic carbocycles. The summed E-state index contributed by atoms with van der Waals surface area (Å²) in [5.41, 5.74) is 4.43. The standard InChI is InChI=1S/C24H20N4O3S/c1-16-12-21-22(13-17(16)2)32-24(26-21)27(15-19-7-3-4-11-25-19)23(29)10-9-18-6-5-8-20(14-18)28(30)31/h3-14H,15H2,1-2H3/b10-9+. The SMILES string of the molecule is Cc1cc2nc(N(Cc3ccccn3)C(=O)/C=C/c3cccc([N+](=O)[O-])c3)sc2cc1C. The highest BCUT2D eigenvalue weighted by atomic mass is 32.1. The van der Waals surface area contributed by atoms with Crippen molar-refractivity contribution in [1.29, 1.82) is 0 Å². The number of nitro benzene ring substituents is 1. The number of fused-ring (bicyclic) bond motifs is 1. The van der Waals surface area contributed by atoms with E-state index in [1.165, 1.54) is 35.1 Å². The van der Waals surface area contributed by atoms with E-state index < -0.39 is 4.92 Å². The normalized spacial score (nSPS) is 11.2. The number of thiazole rings is 1. The van der Waals surface area contributed by atoms with E-state index in [9.17, 15) is 14.9 Å². The van der Waals surface area contributed by atoms with Crippen molar-refractivity contribution < 1.29 is 9.72 Å². The number of pyridine rings is 1. The molecule has 0 saturated heterocycles. The fraction of sp³-hybridized carbons (Fsp3) is 0.125. The summed E-state index contributed by atoms with van der Waals surface area (Å²) in [5.74, 6) is -0.283. The average Bonchev–Trinajstić information content (AvgIpc) is 3.19. The van der Waals surface area contributed by atoms with Crippen LogP contribution in [-0.2, 0) is 11.3 Å². The molecule has 0 bridgehead atoms. The van der Waals surface area contributed by atoms with Gasteiger partial charge in [-0.3, -0.25) is 24.8 Å². The van der Waals surface area contributed by atoms with Crippen LogP contribution in [-0.4, -0.2) is 20.8 Å². The summed E-state index contributed by atoms with van der Waals surface area (Å²) in [4.78, 5) is 34.4. The Balaban J connectivity index is 1.68. The largest absolute Gasteiger partial charge is 0.278 e. The van der Waals surface area contributed by atoms with E-state index in [4.69, 9.17) is 4.98 Å². The molecule has 0 fully saturated rings. The molecule has 1 amide bonds. The maximum atomic E-state index is 13.2. The Kier molecular flexibility index (Phi) is 6.04. The quantitative estimate of drug-likeness (QED) is 0.224. The van der Waals surface area contributed by atoms with Crippen molar-refractivity contribution in [2.24, 2.45) is 0 Å². The third-order valence-electron chi connectivity index (χ3n) is 5.04. The van der Waals surface area contributed by atoms with E-state index in [0.29, 0.717) is 10.7 Å². The van der Waals surface area contributed by atoms with Gasteiger partial charge in [-0.15, -0.1) is 0 Å². The maximum absolute atomic E-state index is 13.2. The van der Waals surface area contributed by atoms with Crippen molar-refractivity contribution >= 4 is 44.4 Å². The first kappa shape index (κ1) is 21.3. The fourth-order valence-corrected chi connectivity index (χ4v) is 4.23. The molecule has 0 radical (unpaired) electrons. The summed E-state index contributed by atoms with van der Waals surface area (Å²) in [6, 6.07) is 15.8. The third kappa shape index (κ3) is 4.70. The van der Waals surface area contributed by atoms with E-state index in [1.54, 1.807) is 29.3 Å². The number of aromatic nitrogens is 2. The molecule has 0 unspecified atom stereocenters. The van der Waals surface area contributed by atoms with E-state index in [-0.39, 0.29) is 18.1 Å². The highest BCUT2D eigenvalue weighted by Crippen LogP contribution is 2.31. The Bertz CT molecular complexity index is 1290. The van der Waals surface area contributed by atoms with Gasteiger partial charge in [0.25, 0.3) is 11.6 Å². The van der Waals surface area contributed by atoms with E-state index in [1.807, 2.05) is 38.1 Å². The molecule has 4 aromatic rings. The van der Waals surface area contributed by atoms with Gasteiger partial charge in [0.15, 0.2) is 5.13 Å². The first-order valence-electron chi connectivity index (χ1n) is 9.92. The van der Waals surface area contributed by atoms with Crippen LogP contribution >= 0.6 is 11.3 Å². The summed E-state index contributed by atoms with van der Waals surface area (Å²) >= 11 is 1.45. The predicted molar refractivity (Wildman–Crippen MR) is 127 cm³/mol. The molecule has 2 aromatic heterocycles. The molecule has 0 saturated carbocycles. The van der Waals surface area contributed by atoms with Crippen LogP contribution in [0.25, 0.3) is 16.3 Å². The van der Waals surface area contributed by atoms with Crippen LogP contribution in [0.2, 0.25) is 0 Å². The molecule has 4 rings (SSSR count). The first-order chi connectivity index (χ1) is 15.4. The van der Waals surface area contributed by atoms with Crippen molar-refractivity contribution in [3.8, 4) is 0 Å². The summed E-state index contributed by atoms with van der Waals surface area (Å²) < 4.78 is 1.00. The number of non-ortho nitro benzene ring substituents is 1. The zero-order chi connectivity index (χ0) is 22.7. The van der Waals surface area contributed by atoms with Crippen LogP contribution in [0.1, 0.15) is 22.4 Å². The summed E-state index contributed by atoms with van der Waals surface area (Å²) in [6.45, 7) is 4.34. The highest BCUT2D eigenvalue weighted by Gasteiger charge is 2.19.